The number of rotatable bonds is 3. The number of hydrogen-bond donors (Lipinski definition) is 1. The molecule has 0 unspecified atom stereocenters. The third-order valence-electron chi connectivity index (χ3n) is 3.26. The maximum absolute atomic E-state index is 11.1. The van der Waals surface area contributed by atoms with E-state index in [0.29, 0.717) is 16.8 Å². The highest BCUT2D eigenvalue weighted by Gasteiger charge is 2.27. The van der Waals surface area contributed by atoms with Crippen molar-refractivity contribution in [1.29, 1.82) is 0 Å². The minimum atomic E-state index is -0.963. The van der Waals surface area contributed by atoms with Crippen LogP contribution in [0.3, 0.4) is 0 Å². The van der Waals surface area contributed by atoms with Crippen molar-refractivity contribution in [3.8, 4) is 5.75 Å². The van der Waals surface area contributed by atoms with Crippen LogP contribution in [0, 0.1) is 0 Å². The van der Waals surface area contributed by atoms with Gasteiger partial charge >= 0.3 is 5.97 Å². The van der Waals surface area contributed by atoms with Gasteiger partial charge in [-0.3, -0.25) is 0 Å². The lowest BCUT2D eigenvalue weighted by Crippen LogP contribution is -1.99. The number of carbonyl (C=O) groups is 1. The molecule has 1 saturated carbocycles. The van der Waals surface area contributed by atoms with Gasteiger partial charge in [-0.15, -0.1) is 0 Å². The van der Waals surface area contributed by atoms with Crippen molar-refractivity contribution in [2.75, 3.05) is 7.11 Å². The number of hydrogen-bond acceptors (Lipinski definition) is 2. The molecule has 5 heteroatoms. The fourth-order valence-electron chi connectivity index (χ4n) is 2.24. The molecule has 1 heterocycles. The summed E-state index contributed by atoms with van der Waals surface area (Å²) in [6.45, 7) is 0. The predicted molar refractivity (Wildman–Crippen MR) is 68.7 cm³/mol. The molecule has 1 aliphatic carbocycles. The number of nitrogens with zero attached hydrogens (tertiary/aromatic N) is 1. The van der Waals surface area contributed by atoms with Crippen LogP contribution < -0.4 is 4.74 Å². The number of carboxylic acids is 1. The van der Waals surface area contributed by atoms with Crippen LogP contribution in [0.2, 0.25) is 5.02 Å². The Bertz CT molecular complexity index is 643. The monoisotopic (exact) mass is 265 g/mol. The SMILES string of the molecule is COc1cc(C(=O)O)cc2c1c(Cl)cn2C1CC1. The highest BCUT2D eigenvalue weighted by molar-refractivity contribution is 6.36. The van der Waals surface area contributed by atoms with E-state index in [2.05, 4.69) is 0 Å². The molecular weight excluding hydrogens is 254 g/mol. The first-order valence-electron chi connectivity index (χ1n) is 5.73. The average molecular weight is 266 g/mol. The van der Waals surface area contributed by atoms with Gasteiger partial charge in [-0.1, -0.05) is 11.6 Å². The van der Waals surface area contributed by atoms with E-state index >= 15 is 0 Å². The summed E-state index contributed by atoms with van der Waals surface area (Å²) in [5, 5.41) is 10.5. The van der Waals surface area contributed by atoms with Crippen molar-refractivity contribution in [3.05, 3.63) is 28.9 Å². The van der Waals surface area contributed by atoms with Crippen LogP contribution in [0.4, 0.5) is 0 Å². The van der Waals surface area contributed by atoms with Gasteiger partial charge in [0.1, 0.15) is 5.75 Å². The second-order valence-electron chi connectivity index (χ2n) is 4.49. The smallest absolute Gasteiger partial charge is 0.335 e. The fraction of sp³-hybridized carbons (Fsp3) is 0.308. The van der Waals surface area contributed by atoms with Gasteiger partial charge in [-0.2, -0.15) is 0 Å². The van der Waals surface area contributed by atoms with Crippen molar-refractivity contribution in [1.82, 2.24) is 4.57 Å². The quantitative estimate of drug-likeness (QED) is 0.926. The zero-order valence-electron chi connectivity index (χ0n) is 9.81. The largest absolute Gasteiger partial charge is 0.496 e. The van der Waals surface area contributed by atoms with Gasteiger partial charge in [0.25, 0.3) is 0 Å². The van der Waals surface area contributed by atoms with Gasteiger partial charge < -0.3 is 14.4 Å². The third-order valence-corrected chi connectivity index (χ3v) is 3.54. The number of methoxy groups -OCH3 is 1. The van der Waals surface area contributed by atoms with Crippen molar-refractivity contribution >= 4 is 28.5 Å². The number of aromatic nitrogens is 1. The topological polar surface area (TPSA) is 51.5 Å². The lowest BCUT2D eigenvalue weighted by molar-refractivity contribution is 0.0696. The van der Waals surface area contributed by atoms with Crippen LogP contribution in [0.15, 0.2) is 18.3 Å². The molecule has 2 aromatic rings. The second-order valence-corrected chi connectivity index (χ2v) is 4.90. The summed E-state index contributed by atoms with van der Waals surface area (Å²) in [7, 11) is 1.52. The summed E-state index contributed by atoms with van der Waals surface area (Å²) in [4.78, 5) is 11.1. The van der Waals surface area contributed by atoms with Gasteiger partial charge in [-0.25, -0.2) is 4.79 Å². The van der Waals surface area contributed by atoms with Crippen LogP contribution in [0.1, 0.15) is 29.2 Å². The van der Waals surface area contributed by atoms with Crippen LogP contribution in [-0.4, -0.2) is 22.8 Å². The number of halogens is 1. The van der Waals surface area contributed by atoms with Gasteiger partial charge in [0.15, 0.2) is 0 Å². The average Bonchev–Trinajstić information content (AvgIpc) is 3.13. The maximum Gasteiger partial charge on any atom is 0.335 e. The minimum absolute atomic E-state index is 0.219. The molecule has 0 aliphatic heterocycles. The first kappa shape index (κ1) is 11.4. The van der Waals surface area contributed by atoms with E-state index in [4.69, 9.17) is 21.4 Å². The molecule has 0 bridgehead atoms. The Morgan fingerprint density at radius 1 is 1.50 bits per heavy atom. The molecular formula is C13H12ClNO3. The Morgan fingerprint density at radius 2 is 2.22 bits per heavy atom. The van der Waals surface area contributed by atoms with E-state index in [9.17, 15) is 4.79 Å². The number of aromatic carboxylic acids is 1. The predicted octanol–water partition coefficient (Wildman–Crippen LogP) is 3.34. The van der Waals surface area contributed by atoms with Gasteiger partial charge in [-0.05, 0) is 25.0 Å². The Kier molecular flexibility index (Phi) is 2.48. The van der Waals surface area contributed by atoms with E-state index in [1.807, 2.05) is 10.8 Å². The number of benzene rings is 1. The zero-order valence-corrected chi connectivity index (χ0v) is 10.6. The zero-order chi connectivity index (χ0) is 12.9. The molecule has 1 N–H and O–H groups in total. The molecule has 4 nitrogen and oxygen atoms in total. The van der Waals surface area contributed by atoms with Gasteiger partial charge in [0.05, 0.1) is 28.6 Å². The molecule has 1 fully saturated rings. The molecule has 0 spiro atoms. The summed E-state index contributed by atoms with van der Waals surface area (Å²) < 4.78 is 7.30. The van der Waals surface area contributed by atoms with Crippen molar-refractivity contribution < 1.29 is 14.6 Å². The summed E-state index contributed by atoms with van der Waals surface area (Å²) in [6.07, 6.45) is 4.08. The number of ether oxygens (including phenoxy) is 1. The van der Waals surface area contributed by atoms with Crippen molar-refractivity contribution in [2.24, 2.45) is 0 Å². The standard InChI is InChI=1S/C13H12ClNO3/c1-18-11-5-7(13(16)17)4-10-12(11)9(14)6-15(10)8-2-3-8/h4-6,8H,2-3H2,1H3,(H,16,17). The molecule has 18 heavy (non-hydrogen) atoms. The van der Waals surface area contributed by atoms with E-state index < -0.39 is 5.97 Å². The van der Waals surface area contributed by atoms with Crippen molar-refractivity contribution in [2.45, 2.75) is 18.9 Å². The first-order chi connectivity index (χ1) is 8.61. The second kappa shape index (κ2) is 3.92. The first-order valence-corrected chi connectivity index (χ1v) is 6.11. The summed E-state index contributed by atoms with van der Waals surface area (Å²) in [5.41, 5.74) is 1.05. The number of fused-ring (bicyclic) bond motifs is 1. The van der Waals surface area contributed by atoms with Crippen LogP contribution in [0.25, 0.3) is 10.9 Å². The molecule has 0 radical (unpaired) electrons. The summed E-state index contributed by atoms with van der Waals surface area (Å²) >= 11 is 6.22. The molecule has 0 atom stereocenters. The molecule has 0 amide bonds. The molecule has 3 rings (SSSR count). The van der Waals surface area contributed by atoms with Gasteiger partial charge in [0.2, 0.25) is 0 Å². The molecule has 1 aromatic heterocycles. The minimum Gasteiger partial charge on any atom is -0.496 e. The Labute approximate surface area is 109 Å². The molecule has 0 saturated heterocycles. The third kappa shape index (κ3) is 1.64. The fourth-order valence-corrected chi connectivity index (χ4v) is 2.53. The van der Waals surface area contributed by atoms with Crippen LogP contribution in [0.5, 0.6) is 5.75 Å². The van der Waals surface area contributed by atoms with Crippen LogP contribution in [-0.2, 0) is 0 Å². The van der Waals surface area contributed by atoms with Crippen molar-refractivity contribution in [3.63, 3.8) is 0 Å². The van der Waals surface area contributed by atoms with Gasteiger partial charge in [0, 0.05) is 12.2 Å². The van der Waals surface area contributed by atoms with E-state index in [0.717, 1.165) is 23.7 Å². The molecule has 1 aromatic carbocycles. The highest BCUT2D eigenvalue weighted by Crippen LogP contribution is 2.43. The normalized spacial score (nSPS) is 15.0. The summed E-state index contributed by atoms with van der Waals surface area (Å²) in [6, 6.07) is 3.60. The molecule has 1 aliphatic rings. The number of carboxylic acid groups (broad SMARTS) is 1. The maximum atomic E-state index is 11.1. The Balaban J connectivity index is 2.33. The molecule has 94 valence electrons. The lowest BCUT2D eigenvalue weighted by atomic mass is 10.1. The Hall–Kier alpha value is -1.68. The van der Waals surface area contributed by atoms with Crippen LogP contribution >= 0.6 is 11.6 Å². The lowest BCUT2D eigenvalue weighted by Gasteiger charge is -2.07. The Morgan fingerprint density at radius 3 is 2.78 bits per heavy atom. The van der Waals surface area contributed by atoms with E-state index in [1.165, 1.54) is 13.2 Å². The van der Waals surface area contributed by atoms with E-state index in [-0.39, 0.29) is 5.56 Å². The van der Waals surface area contributed by atoms with E-state index in [1.54, 1.807) is 6.07 Å². The highest BCUT2D eigenvalue weighted by atomic mass is 35.5. The summed E-state index contributed by atoms with van der Waals surface area (Å²) in [5.74, 6) is -0.454.